The lowest BCUT2D eigenvalue weighted by atomic mass is 10.0. The van der Waals surface area contributed by atoms with Crippen molar-refractivity contribution in [1.82, 2.24) is 10.3 Å². The molecule has 1 unspecified atom stereocenters. The Balaban J connectivity index is 2.16. The Morgan fingerprint density at radius 1 is 1.48 bits per heavy atom. The van der Waals surface area contributed by atoms with Crippen molar-refractivity contribution in [3.63, 3.8) is 0 Å². The molecule has 0 aliphatic heterocycles. The Labute approximate surface area is 125 Å². The van der Waals surface area contributed by atoms with Crippen molar-refractivity contribution in [2.45, 2.75) is 25.9 Å². The Morgan fingerprint density at radius 3 is 2.81 bits per heavy atom. The van der Waals surface area contributed by atoms with Crippen LogP contribution in [0.3, 0.4) is 0 Å². The highest BCUT2D eigenvalue weighted by Crippen LogP contribution is 2.21. The number of benzene rings is 1. The molecule has 2 aromatic rings. The van der Waals surface area contributed by atoms with Crippen LogP contribution in [0.2, 0.25) is 0 Å². The van der Waals surface area contributed by atoms with Gasteiger partial charge in [-0.05, 0) is 12.5 Å². The first-order valence-electron chi connectivity index (χ1n) is 6.45. The highest BCUT2D eigenvalue weighted by atomic mass is 32.1. The van der Waals surface area contributed by atoms with Gasteiger partial charge in [-0.1, -0.05) is 13.0 Å². The van der Waals surface area contributed by atoms with Gasteiger partial charge in [0.2, 0.25) is 0 Å². The van der Waals surface area contributed by atoms with Gasteiger partial charge < -0.3 is 11.1 Å². The molecule has 112 valence electrons. The van der Waals surface area contributed by atoms with E-state index in [9.17, 15) is 13.6 Å². The second kappa shape index (κ2) is 6.73. The van der Waals surface area contributed by atoms with Gasteiger partial charge in [-0.3, -0.25) is 4.79 Å². The van der Waals surface area contributed by atoms with Crippen LogP contribution in [0.25, 0.3) is 0 Å². The molecule has 0 saturated heterocycles. The van der Waals surface area contributed by atoms with Gasteiger partial charge >= 0.3 is 0 Å². The van der Waals surface area contributed by atoms with Gasteiger partial charge in [0.25, 0.3) is 5.91 Å². The van der Waals surface area contributed by atoms with E-state index >= 15 is 0 Å². The summed E-state index contributed by atoms with van der Waals surface area (Å²) >= 11 is 1.29. The zero-order valence-corrected chi connectivity index (χ0v) is 12.2. The molecule has 1 atom stereocenters. The molecule has 0 radical (unpaired) electrons. The number of nitrogens with one attached hydrogen (secondary N) is 1. The number of nitrogens with zero attached hydrogens (tertiary/aromatic N) is 1. The fourth-order valence-electron chi connectivity index (χ4n) is 1.92. The predicted octanol–water partition coefficient (Wildman–Crippen LogP) is 2.76. The number of carbonyl (C=O) groups excluding carboxylic acids is 1. The molecular weight excluding hydrogens is 296 g/mol. The van der Waals surface area contributed by atoms with E-state index < -0.39 is 23.6 Å². The van der Waals surface area contributed by atoms with Gasteiger partial charge in [-0.2, -0.15) is 0 Å². The lowest BCUT2D eigenvalue weighted by Crippen LogP contribution is -2.29. The Hall–Kier alpha value is -1.86. The minimum Gasteiger partial charge on any atom is -0.344 e. The molecule has 0 spiro atoms. The molecule has 1 heterocycles. The van der Waals surface area contributed by atoms with Crippen LogP contribution in [-0.2, 0) is 6.54 Å². The maximum atomic E-state index is 13.8. The van der Waals surface area contributed by atoms with Crippen molar-refractivity contribution < 1.29 is 13.6 Å². The Bertz CT molecular complexity index is 645. The molecule has 0 aliphatic rings. The van der Waals surface area contributed by atoms with Crippen molar-refractivity contribution in [1.29, 1.82) is 0 Å². The van der Waals surface area contributed by atoms with Gasteiger partial charge in [-0.15, -0.1) is 11.3 Å². The molecule has 7 heteroatoms. The monoisotopic (exact) mass is 311 g/mol. The van der Waals surface area contributed by atoms with Crippen LogP contribution in [0.4, 0.5) is 8.78 Å². The summed E-state index contributed by atoms with van der Waals surface area (Å²) in [5.74, 6) is -1.73. The van der Waals surface area contributed by atoms with Crippen molar-refractivity contribution in [3.05, 3.63) is 51.5 Å². The van der Waals surface area contributed by atoms with Crippen LogP contribution in [0.5, 0.6) is 0 Å². The second-order valence-corrected chi connectivity index (χ2v) is 5.37. The topological polar surface area (TPSA) is 68.0 Å². The number of hydrogen-bond donors (Lipinski definition) is 2. The van der Waals surface area contributed by atoms with Crippen LogP contribution < -0.4 is 11.1 Å². The van der Waals surface area contributed by atoms with E-state index in [1.54, 1.807) is 12.3 Å². The summed E-state index contributed by atoms with van der Waals surface area (Å²) in [6.07, 6.45) is 0.474. The molecule has 1 aromatic heterocycles. The standard InChI is InChI=1S/C14H15F2N3OS/c1-2-11(9-4-3-8(15)5-10(9)16)19-14(20)12-7-21-13(6-17)18-12/h3-5,7,11H,2,6,17H2,1H3,(H,19,20). The average Bonchev–Trinajstić information content (AvgIpc) is 2.94. The van der Waals surface area contributed by atoms with Gasteiger partial charge in [0, 0.05) is 23.6 Å². The smallest absolute Gasteiger partial charge is 0.271 e. The van der Waals surface area contributed by atoms with E-state index in [0.717, 1.165) is 6.07 Å². The fourth-order valence-corrected chi connectivity index (χ4v) is 2.58. The number of aromatic nitrogens is 1. The lowest BCUT2D eigenvalue weighted by Gasteiger charge is -2.17. The molecule has 0 fully saturated rings. The minimum atomic E-state index is -0.678. The van der Waals surface area contributed by atoms with Crippen LogP contribution in [0.1, 0.15) is 40.4 Å². The van der Waals surface area contributed by atoms with Gasteiger partial charge in [0.15, 0.2) is 0 Å². The molecule has 4 nitrogen and oxygen atoms in total. The third-order valence-corrected chi connectivity index (χ3v) is 3.88. The van der Waals surface area contributed by atoms with Crippen molar-refractivity contribution >= 4 is 17.2 Å². The maximum Gasteiger partial charge on any atom is 0.271 e. The van der Waals surface area contributed by atoms with E-state index in [-0.39, 0.29) is 17.8 Å². The van der Waals surface area contributed by atoms with E-state index in [1.165, 1.54) is 23.5 Å². The molecular formula is C14H15F2N3OS. The molecule has 0 bridgehead atoms. The zero-order valence-electron chi connectivity index (χ0n) is 11.4. The van der Waals surface area contributed by atoms with Crippen molar-refractivity contribution in [3.8, 4) is 0 Å². The number of rotatable bonds is 5. The van der Waals surface area contributed by atoms with E-state index in [4.69, 9.17) is 5.73 Å². The largest absolute Gasteiger partial charge is 0.344 e. The average molecular weight is 311 g/mol. The molecule has 1 aromatic carbocycles. The van der Waals surface area contributed by atoms with Gasteiger partial charge in [0.1, 0.15) is 22.3 Å². The van der Waals surface area contributed by atoms with Crippen molar-refractivity contribution in [2.24, 2.45) is 5.73 Å². The highest BCUT2D eigenvalue weighted by Gasteiger charge is 2.19. The van der Waals surface area contributed by atoms with E-state index in [1.807, 2.05) is 0 Å². The first-order valence-corrected chi connectivity index (χ1v) is 7.33. The molecule has 0 aliphatic carbocycles. The Kier molecular flexibility index (Phi) is 4.98. The molecule has 3 N–H and O–H groups in total. The van der Waals surface area contributed by atoms with Crippen LogP contribution in [-0.4, -0.2) is 10.9 Å². The third-order valence-electron chi connectivity index (χ3n) is 3.01. The van der Waals surface area contributed by atoms with Crippen molar-refractivity contribution in [2.75, 3.05) is 0 Å². The second-order valence-electron chi connectivity index (χ2n) is 4.43. The Morgan fingerprint density at radius 2 is 2.24 bits per heavy atom. The van der Waals surface area contributed by atoms with Crippen LogP contribution in [0, 0.1) is 11.6 Å². The van der Waals surface area contributed by atoms with E-state index in [0.29, 0.717) is 11.4 Å². The fraction of sp³-hybridized carbons (Fsp3) is 0.286. The van der Waals surface area contributed by atoms with E-state index in [2.05, 4.69) is 10.3 Å². The summed E-state index contributed by atoms with van der Waals surface area (Å²) in [6.45, 7) is 2.07. The predicted molar refractivity (Wildman–Crippen MR) is 76.9 cm³/mol. The molecule has 2 rings (SSSR count). The van der Waals surface area contributed by atoms with Gasteiger partial charge in [0.05, 0.1) is 6.04 Å². The minimum absolute atomic E-state index is 0.251. The number of amides is 1. The summed E-state index contributed by atoms with van der Waals surface area (Å²) in [4.78, 5) is 16.2. The SMILES string of the molecule is CCC(NC(=O)c1csc(CN)n1)c1ccc(F)cc1F. The first kappa shape index (κ1) is 15.5. The third kappa shape index (κ3) is 3.62. The number of carbonyl (C=O) groups is 1. The molecule has 21 heavy (non-hydrogen) atoms. The highest BCUT2D eigenvalue weighted by molar-refractivity contribution is 7.09. The van der Waals surface area contributed by atoms with Crippen LogP contribution >= 0.6 is 11.3 Å². The molecule has 0 saturated carbocycles. The number of nitrogens with two attached hydrogens (primary N) is 1. The molecule has 1 amide bonds. The number of halogens is 2. The van der Waals surface area contributed by atoms with Gasteiger partial charge in [-0.25, -0.2) is 13.8 Å². The number of thiazole rings is 1. The maximum absolute atomic E-state index is 13.8. The summed E-state index contributed by atoms with van der Waals surface area (Å²) < 4.78 is 26.7. The lowest BCUT2D eigenvalue weighted by molar-refractivity contribution is 0.0930. The first-order chi connectivity index (χ1) is 10.0. The summed E-state index contributed by atoms with van der Waals surface area (Å²) in [7, 11) is 0. The quantitative estimate of drug-likeness (QED) is 0.892. The summed E-state index contributed by atoms with van der Waals surface area (Å²) in [5.41, 5.74) is 5.95. The summed E-state index contributed by atoms with van der Waals surface area (Å²) in [6, 6.07) is 2.77. The normalized spacial score (nSPS) is 12.2. The summed E-state index contributed by atoms with van der Waals surface area (Å²) in [5, 5.41) is 4.96. The zero-order chi connectivity index (χ0) is 15.4. The van der Waals surface area contributed by atoms with Crippen LogP contribution in [0.15, 0.2) is 23.6 Å². The number of hydrogen-bond acceptors (Lipinski definition) is 4.